The van der Waals surface area contributed by atoms with Crippen molar-refractivity contribution in [1.29, 1.82) is 0 Å². The van der Waals surface area contributed by atoms with Crippen molar-refractivity contribution in [3.63, 3.8) is 0 Å². The van der Waals surface area contributed by atoms with Gasteiger partial charge in [-0.2, -0.15) is 0 Å². The summed E-state index contributed by atoms with van der Waals surface area (Å²) in [4.78, 5) is 20.8. The Balaban J connectivity index is 3.88. The number of hydrogen-bond donors (Lipinski definition) is 3. The van der Waals surface area contributed by atoms with Crippen molar-refractivity contribution in [2.45, 2.75) is 18.9 Å². The molecule has 0 saturated carbocycles. The first-order chi connectivity index (χ1) is 5.87. The minimum absolute atomic E-state index is 0.161. The lowest BCUT2D eigenvalue weighted by molar-refractivity contribution is -0.141. The fourth-order valence-corrected chi connectivity index (χ4v) is 0.723. The van der Waals surface area contributed by atoms with Gasteiger partial charge in [0, 0.05) is 6.54 Å². The second-order valence-corrected chi connectivity index (χ2v) is 2.91. The fraction of sp³-hybridized carbons (Fsp3) is 0.714. The molecule has 0 rings (SSSR count). The van der Waals surface area contributed by atoms with E-state index in [0.29, 0.717) is 0 Å². The van der Waals surface area contributed by atoms with Crippen LogP contribution in [-0.4, -0.2) is 41.5 Å². The van der Waals surface area contributed by atoms with Crippen molar-refractivity contribution in [3.8, 4) is 0 Å². The molecule has 0 radical (unpaired) electrons. The summed E-state index contributed by atoms with van der Waals surface area (Å²) < 4.78 is 4.24. The van der Waals surface area contributed by atoms with Crippen LogP contribution in [0.4, 0.5) is 4.79 Å². The predicted molar refractivity (Wildman–Crippen MR) is 43.3 cm³/mol. The van der Waals surface area contributed by atoms with E-state index in [-0.39, 0.29) is 6.54 Å². The SMILES string of the molecule is COC(=O)NCC(C)(O)CC(=O)O. The normalized spacial score (nSPS) is 14.4. The topological polar surface area (TPSA) is 95.9 Å². The Labute approximate surface area is 75.5 Å². The number of hydrogen-bond acceptors (Lipinski definition) is 4. The maximum atomic E-state index is 10.6. The van der Waals surface area contributed by atoms with Crippen molar-refractivity contribution in [3.05, 3.63) is 0 Å². The summed E-state index contributed by atoms with van der Waals surface area (Å²) in [6.45, 7) is 1.16. The molecule has 6 heteroatoms. The number of rotatable bonds is 4. The van der Waals surface area contributed by atoms with Crippen LogP contribution in [0.2, 0.25) is 0 Å². The Bertz CT molecular complexity index is 201. The standard InChI is InChI=1S/C7H13NO5/c1-7(12,3-5(9)10)4-8-6(11)13-2/h12H,3-4H2,1-2H3,(H,8,11)(H,9,10). The molecular formula is C7H13NO5. The number of alkyl carbamates (subject to hydrolysis) is 1. The van der Waals surface area contributed by atoms with Gasteiger partial charge in [0.15, 0.2) is 0 Å². The van der Waals surface area contributed by atoms with E-state index in [1.165, 1.54) is 14.0 Å². The Morgan fingerprint density at radius 1 is 1.54 bits per heavy atom. The minimum Gasteiger partial charge on any atom is -0.481 e. The molecule has 1 unspecified atom stereocenters. The molecule has 0 spiro atoms. The van der Waals surface area contributed by atoms with Gasteiger partial charge in [-0.15, -0.1) is 0 Å². The van der Waals surface area contributed by atoms with Gasteiger partial charge in [-0.25, -0.2) is 4.79 Å². The summed E-state index contributed by atoms with van der Waals surface area (Å²) in [5.41, 5.74) is -1.46. The molecule has 1 atom stereocenters. The Morgan fingerprint density at radius 2 is 2.08 bits per heavy atom. The van der Waals surface area contributed by atoms with E-state index in [2.05, 4.69) is 10.1 Å². The molecule has 0 aliphatic carbocycles. The van der Waals surface area contributed by atoms with Crippen molar-refractivity contribution in [2.75, 3.05) is 13.7 Å². The molecule has 0 fully saturated rings. The predicted octanol–water partition coefficient (Wildman–Crippen LogP) is -0.432. The third-order valence-electron chi connectivity index (χ3n) is 1.33. The maximum absolute atomic E-state index is 10.6. The number of ether oxygens (including phenoxy) is 1. The van der Waals surface area contributed by atoms with Crippen molar-refractivity contribution in [2.24, 2.45) is 0 Å². The second-order valence-electron chi connectivity index (χ2n) is 2.91. The first-order valence-electron chi connectivity index (χ1n) is 3.63. The van der Waals surface area contributed by atoms with Gasteiger partial charge in [0.25, 0.3) is 0 Å². The van der Waals surface area contributed by atoms with E-state index in [4.69, 9.17) is 5.11 Å². The summed E-state index contributed by atoms with van der Waals surface area (Å²) in [6.07, 6.45) is -1.14. The van der Waals surface area contributed by atoms with Gasteiger partial charge in [0.05, 0.1) is 19.1 Å². The van der Waals surface area contributed by atoms with E-state index in [0.717, 1.165) is 0 Å². The van der Waals surface area contributed by atoms with Gasteiger partial charge in [-0.1, -0.05) is 0 Å². The van der Waals surface area contributed by atoms with Crippen LogP contribution in [0.15, 0.2) is 0 Å². The number of carboxylic acid groups (broad SMARTS) is 1. The fourth-order valence-electron chi connectivity index (χ4n) is 0.723. The van der Waals surface area contributed by atoms with Crippen LogP contribution in [0, 0.1) is 0 Å². The Kier molecular flexibility index (Phi) is 4.19. The molecular weight excluding hydrogens is 178 g/mol. The minimum atomic E-state index is -1.46. The quantitative estimate of drug-likeness (QED) is 0.560. The zero-order valence-corrected chi connectivity index (χ0v) is 7.53. The van der Waals surface area contributed by atoms with Crippen LogP contribution in [-0.2, 0) is 9.53 Å². The number of nitrogens with one attached hydrogen (secondary N) is 1. The highest BCUT2D eigenvalue weighted by atomic mass is 16.5. The molecule has 0 aromatic carbocycles. The van der Waals surface area contributed by atoms with Crippen LogP contribution in [0.3, 0.4) is 0 Å². The zero-order valence-electron chi connectivity index (χ0n) is 7.53. The molecule has 13 heavy (non-hydrogen) atoms. The number of carboxylic acids is 1. The summed E-state index contributed by atoms with van der Waals surface area (Å²) in [7, 11) is 1.18. The number of amides is 1. The van der Waals surface area contributed by atoms with Gasteiger partial charge >= 0.3 is 12.1 Å². The molecule has 76 valence electrons. The lowest BCUT2D eigenvalue weighted by Gasteiger charge is -2.20. The van der Waals surface area contributed by atoms with Gasteiger partial charge in [0.2, 0.25) is 0 Å². The highest BCUT2D eigenvalue weighted by Crippen LogP contribution is 2.07. The molecule has 0 aromatic heterocycles. The smallest absolute Gasteiger partial charge is 0.406 e. The molecule has 0 aliphatic rings. The first kappa shape index (κ1) is 11.7. The van der Waals surface area contributed by atoms with Crippen molar-refractivity contribution in [1.82, 2.24) is 5.32 Å². The van der Waals surface area contributed by atoms with Gasteiger partial charge in [0.1, 0.15) is 0 Å². The van der Waals surface area contributed by atoms with Gasteiger partial charge < -0.3 is 20.3 Å². The molecule has 0 bridgehead atoms. The molecule has 6 nitrogen and oxygen atoms in total. The highest BCUT2D eigenvalue weighted by Gasteiger charge is 2.24. The Morgan fingerprint density at radius 3 is 2.46 bits per heavy atom. The van der Waals surface area contributed by atoms with Crippen molar-refractivity contribution >= 4 is 12.1 Å². The number of aliphatic carboxylic acids is 1. The third kappa shape index (κ3) is 5.92. The second kappa shape index (κ2) is 4.66. The summed E-state index contributed by atoms with van der Waals surface area (Å²) in [5.74, 6) is -1.13. The first-order valence-corrected chi connectivity index (χ1v) is 3.63. The van der Waals surface area contributed by atoms with E-state index in [1.807, 2.05) is 0 Å². The lowest BCUT2D eigenvalue weighted by Crippen LogP contribution is -2.42. The molecule has 0 aromatic rings. The average molecular weight is 191 g/mol. The number of aliphatic hydroxyl groups is 1. The Hall–Kier alpha value is -1.30. The van der Waals surface area contributed by atoms with Crippen LogP contribution in [0.25, 0.3) is 0 Å². The van der Waals surface area contributed by atoms with Crippen LogP contribution >= 0.6 is 0 Å². The van der Waals surface area contributed by atoms with Crippen LogP contribution in [0.5, 0.6) is 0 Å². The summed E-state index contributed by atoms with van der Waals surface area (Å²) in [6, 6.07) is 0. The summed E-state index contributed by atoms with van der Waals surface area (Å²) in [5, 5.41) is 19.9. The van der Waals surface area contributed by atoms with Gasteiger partial charge in [-0.3, -0.25) is 4.79 Å². The monoisotopic (exact) mass is 191 g/mol. The number of methoxy groups -OCH3 is 1. The van der Waals surface area contributed by atoms with E-state index in [1.54, 1.807) is 0 Å². The van der Waals surface area contributed by atoms with E-state index in [9.17, 15) is 14.7 Å². The number of carbonyl (C=O) groups is 2. The lowest BCUT2D eigenvalue weighted by atomic mass is 10.0. The van der Waals surface area contributed by atoms with Crippen molar-refractivity contribution < 1.29 is 24.5 Å². The molecule has 1 amide bonds. The largest absolute Gasteiger partial charge is 0.481 e. The van der Waals surface area contributed by atoms with E-state index >= 15 is 0 Å². The van der Waals surface area contributed by atoms with E-state index < -0.39 is 24.1 Å². The zero-order chi connectivity index (χ0) is 10.5. The van der Waals surface area contributed by atoms with Gasteiger partial charge in [-0.05, 0) is 6.92 Å². The molecule has 3 N–H and O–H groups in total. The maximum Gasteiger partial charge on any atom is 0.406 e. The molecule has 0 heterocycles. The third-order valence-corrected chi connectivity index (χ3v) is 1.33. The van der Waals surface area contributed by atoms with Crippen LogP contribution < -0.4 is 5.32 Å². The average Bonchev–Trinajstić information content (AvgIpc) is 1.98. The molecule has 0 saturated heterocycles. The summed E-state index contributed by atoms with van der Waals surface area (Å²) >= 11 is 0. The molecule has 0 aliphatic heterocycles. The van der Waals surface area contributed by atoms with Crippen LogP contribution in [0.1, 0.15) is 13.3 Å². The highest BCUT2D eigenvalue weighted by molar-refractivity contribution is 5.69. The number of carbonyl (C=O) groups excluding carboxylic acids is 1.